The Bertz CT molecular complexity index is 794. The van der Waals surface area contributed by atoms with Crippen LogP contribution in [0.3, 0.4) is 0 Å². The van der Waals surface area contributed by atoms with Crippen molar-refractivity contribution in [1.29, 1.82) is 0 Å². The number of hydrogen-bond acceptors (Lipinski definition) is 5. The van der Waals surface area contributed by atoms with Gasteiger partial charge in [0.15, 0.2) is 19.0 Å². The molecule has 118 valence electrons. The van der Waals surface area contributed by atoms with Crippen LogP contribution in [0.15, 0.2) is 36.5 Å². The van der Waals surface area contributed by atoms with Gasteiger partial charge in [-0.3, -0.25) is 9.59 Å². The largest absolute Gasteiger partial charge is 0.482 e. The first kappa shape index (κ1) is 14.8. The summed E-state index contributed by atoms with van der Waals surface area (Å²) in [7, 11) is 1.71. The lowest BCUT2D eigenvalue weighted by atomic mass is 10.1. The van der Waals surface area contributed by atoms with Gasteiger partial charge in [-0.25, -0.2) is 4.79 Å². The molecule has 0 radical (unpaired) electrons. The zero-order valence-electron chi connectivity index (χ0n) is 12.4. The molecule has 1 amide bonds. The second-order valence-corrected chi connectivity index (χ2v) is 5.05. The van der Waals surface area contributed by atoms with Crippen LogP contribution in [0.1, 0.15) is 20.8 Å². The molecule has 1 aliphatic rings. The van der Waals surface area contributed by atoms with Gasteiger partial charge in [-0.05, 0) is 30.3 Å². The number of Topliss-reactive ketones (excluding diaryl/α,β-unsaturated/α-hetero) is 1. The molecule has 1 aliphatic heterocycles. The van der Waals surface area contributed by atoms with Crippen LogP contribution >= 0.6 is 0 Å². The zero-order chi connectivity index (χ0) is 16.4. The summed E-state index contributed by atoms with van der Waals surface area (Å²) >= 11 is 0. The maximum atomic E-state index is 12.1. The average molecular weight is 314 g/mol. The van der Waals surface area contributed by atoms with Crippen molar-refractivity contribution in [3.63, 3.8) is 0 Å². The predicted molar refractivity (Wildman–Crippen MR) is 80.6 cm³/mol. The van der Waals surface area contributed by atoms with Crippen LogP contribution in [0.25, 0.3) is 0 Å². The fraction of sp³-hybridized carbons (Fsp3) is 0.188. The third kappa shape index (κ3) is 3.08. The minimum atomic E-state index is -0.569. The molecule has 2 heterocycles. The zero-order valence-corrected chi connectivity index (χ0v) is 12.4. The van der Waals surface area contributed by atoms with E-state index in [1.54, 1.807) is 42.1 Å². The number of benzene rings is 1. The number of anilines is 1. The third-order valence-corrected chi connectivity index (χ3v) is 3.42. The summed E-state index contributed by atoms with van der Waals surface area (Å²) in [6.45, 7) is -0.424. The number of aryl methyl sites for hydroxylation is 1. The van der Waals surface area contributed by atoms with E-state index in [1.165, 1.54) is 6.07 Å². The maximum absolute atomic E-state index is 12.1. The molecule has 1 aromatic carbocycles. The van der Waals surface area contributed by atoms with E-state index < -0.39 is 5.97 Å². The van der Waals surface area contributed by atoms with E-state index in [4.69, 9.17) is 9.47 Å². The number of nitrogens with zero attached hydrogens (tertiary/aromatic N) is 1. The Balaban J connectivity index is 1.67. The highest BCUT2D eigenvalue weighted by Gasteiger charge is 2.19. The highest BCUT2D eigenvalue weighted by molar-refractivity contribution is 6.02. The molecule has 2 aromatic rings. The molecule has 7 heteroatoms. The number of carbonyl (C=O) groups excluding carboxylic acids is 3. The third-order valence-electron chi connectivity index (χ3n) is 3.42. The minimum absolute atomic E-state index is 0.0471. The molecule has 23 heavy (non-hydrogen) atoms. The number of esters is 1. The second-order valence-electron chi connectivity index (χ2n) is 5.05. The van der Waals surface area contributed by atoms with Crippen molar-refractivity contribution < 1.29 is 23.9 Å². The monoisotopic (exact) mass is 314 g/mol. The summed E-state index contributed by atoms with van der Waals surface area (Å²) in [6, 6.07) is 7.99. The van der Waals surface area contributed by atoms with Gasteiger partial charge < -0.3 is 19.4 Å². The van der Waals surface area contributed by atoms with Crippen LogP contribution in [0.2, 0.25) is 0 Å². The number of nitrogens with one attached hydrogen (secondary N) is 1. The highest BCUT2D eigenvalue weighted by atomic mass is 16.5. The van der Waals surface area contributed by atoms with Gasteiger partial charge in [0.2, 0.25) is 0 Å². The molecule has 1 N–H and O–H groups in total. The highest BCUT2D eigenvalue weighted by Crippen LogP contribution is 2.28. The van der Waals surface area contributed by atoms with E-state index in [2.05, 4.69) is 5.32 Å². The van der Waals surface area contributed by atoms with Gasteiger partial charge in [-0.1, -0.05) is 0 Å². The molecule has 7 nitrogen and oxygen atoms in total. The van der Waals surface area contributed by atoms with E-state index >= 15 is 0 Å². The topological polar surface area (TPSA) is 86.6 Å². The Morgan fingerprint density at radius 1 is 1.35 bits per heavy atom. The lowest BCUT2D eigenvalue weighted by Gasteiger charge is -2.18. The molecule has 0 bridgehead atoms. The summed E-state index contributed by atoms with van der Waals surface area (Å²) < 4.78 is 11.8. The van der Waals surface area contributed by atoms with Crippen molar-refractivity contribution in [2.24, 2.45) is 7.05 Å². The number of ether oxygens (including phenoxy) is 2. The van der Waals surface area contributed by atoms with Crippen LogP contribution < -0.4 is 10.1 Å². The Labute approximate surface area is 131 Å². The summed E-state index contributed by atoms with van der Waals surface area (Å²) in [5.74, 6) is -0.713. The molecule has 0 spiro atoms. The normalized spacial score (nSPS) is 12.8. The molecule has 3 rings (SSSR count). The molecule has 1 aromatic heterocycles. The van der Waals surface area contributed by atoms with Crippen molar-refractivity contribution in [3.05, 3.63) is 47.8 Å². The van der Waals surface area contributed by atoms with Gasteiger partial charge in [0.25, 0.3) is 5.91 Å². The molecule has 0 fully saturated rings. The molecular formula is C16H14N2O5. The fourth-order valence-electron chi connectivity index (χ4n) is 2.22. The van der Waals surface area contributed by atoms with Crippen LogP contribution in [-0.4, -0.2) is 35.4 Å². The lowest BCUT2D eigenvalue weighted by Crippen LogP contribution is -2.25. The number of hydrogen-bond donors (Lipinski definition) is 1. The smallest absolute Gasteiger partial charge is 0.355 e. The summed E-state index contributed by atoms with van der Waals surface area (Å²) in [4.78, 5) is 35.3. The van der Waals surface area contributed by atoms with Crippen LogP contribution in [0, 0.1) is 0 Å². The summed E-state index contributed by atoms with van der Waals surface area (Å²) in [5, 5.41) is 2.62. The quantitative estimate of drug-likeness (QED) is 0.681. The molecule has 0 aliphatic carbocycles. The first-order valence-corrected chi connectivity index (χ1v) is 6.93. The van der Waals surface area contributed by atoms with Gasteiger partial charge >= 0.3 is 5.97 Å². The SMILES string of the molecule is Cn1cccc1C(=O)OCC(=O)c1ccc2c(c1)NC(=O)CO2. The number of rotatable bonds is 4. The Morgan fingerprint density at radius 3 is 2.91 bits per heavy atom. The van der Waals surface area contributed by atoms with E-state index in [-0.39, 0.29) is 24.9 Å². The van der Waals surface area contributed by atoms with Gasteiger partial charge in [-0.15, -0.1) is 0 Å². The Hall–Kier alpha value is -3.09. The van der Waals surface area contributed by atoms with Crippen LogP contribution in [0.4, 0.5) is 5.69 Å². The second kappa shape index (κ2) is 5.96. The van der Waals surface area contributed by atoms with Gasteiger partial charge in [-0.2, -0.15) is 0 Å². The number of fused-ring (bicyclic) bond motifs is 1. The van der Waals surface area contributed by atoms with Crippen molar-refractivity contribution in [3.8, 4) is 5.75 Å². The van der Waals surface area contributed by atoms with Crippen molar-refractivity contribution in [1.82, 2.24) is 4.57 Å². The number of ketones is 1. The number of aromatic nitrogens is 1. The molecule has 0 unspecified atom stereocenters. The number of carbonyl (C=O) groups is 3. The first-order chi connectivity index (χ1) is 11.0. The Morgan fingerprint density at radius 2 is 2.17 bits per heavy atom. The first-order valence-electron chi connectivity index (χ1n) is 6.93. The predicted octanol–water partition coefficient (Wildman–Crippen LogP) is 1.40. The number of amides is 1. The maximum Gasteiger partial charge on any atom is 0.355 e. The van der Waals surface area contributed by atoms with Gasteiger partial charge in [0.05, 0.1) is 5.69 Å². The lowest BCUT2D eigenvalue weighted by molar-refractivity contribution is -0.118. The van der Waals surface area contributed by atoms with E-state index in [0.717, 1.165) is 0 Å². The Kier molecular flexibility index (Phi) is 3.84. The molecule has 0 atom stereocenters. The fourth-order valence-corrected chi connectivity index (χ4v) is 2.22. The van der Waals surface area contributed by atoms with Gasteiger partial charge in [0, 0.05) is 18.8 Å². The van der Waals surface area contributed by atoms with Crippen molar-refractivity contribution in [2.45, 2.75) is 0 Å². The molecule has 0 saturated carbocycles. The van der Waals surface area contributed by atoms with Crippen molar-refractivity contribution in [2.75, 3.05) is 18.5 Å². The molecular weight excluding hydrogens is 300 g/mol. The summed E-state index contributed by atoms with van der Waals surface area (Å²) in [6.07, 6.45) is 1.71. The standard InChI is InChI=1S/C16H14N2O5/c1-18-6-2-3-12(18)16(21)23-8-13(19)10-4-5-14-11(7-10)17-15(20)9-22-14/h2-7H,8-9H2,1H3,(H,17,20). The van der Waals surface area contributed by atoms with E-state index in [1.807, 2.05) is 0 Å². The average Bonchev–Trinajstić information content (AvgIpc) is 2.97. The van der Waals surface area contributed by atoms with Crippen LogP contribution in [0.5, 0.6) is 5.75 Å². The van der Waals surface area contributed by atoms with E-state index in [9.17, 15) is 14.4 Å². The van der Waals surface area contributed by atoms with Crippen LogP contribution in [-0.2, 0) is 16.6 Å². The minimum Gasteiger partial charge on any atom is -0.482 e. The van der Waals surface area contributed by atoms with E-state index in [0.29, 0.717) is 22.7 Å². The summed E-state index contributed by atoms with van der Waals surface area (Å²) in [5.41, 5.74) is 1.12. The van der Waals surface area contributed by atoms with Gasteiger partial charge in [0.1, 0.15) is 11.4 Å². The molecule has 0 saturated heterocycles. The van der Waals surface area contributed by atoms with Crippen molar-refractivity contribution >= 4 is 23.3 Å².